The number of benzene rings is 2. The molecular weight excluding hydrogens is 362 g/mol. The third-order valence-electron chi connectivity index (χ3n) is 4.08. The van der Waals surface area contributed by atoms with Crippen LogP contribution >= 0.6 is 0 Å². The Balaban J connectivity index is 0.00000208. The summed E-state index contributed by atoms with van der Waals surface area (Å²) in [5, 5.41) is 0. The summed E-state index contributed by atoms with van der Waals surface area (Å²) in [5.41, 5.74) is 5.42. The number of halogens is 1. The molecule has 0 saturated carbocycles. The predicted molar refractivity (Wildman–Crippen MR) is 92.3 cm³/mol. The van der Waals surface area contributed by atoms with Crippen molar-refractivity contribution in [3.63, 3.8) is 0 Å². The topological polar surface area (TPSA) is 20.9 Å². The van der Waals surface area contributed by atoms with E-state index in [9.17, 15) is 4.79 Å². The van der Waals surface area contributed by atoms with Gasteiger partial charge in [-0.3, -0.25) is 4.79 Å². The Labute approximate surface area is 153 Å². The van der Waals surface area contributed by atoms with Gasteiger partial charge in [-0.2, -0.15) is 4.57 Å². The summed E-state index contributed by atoms with van der Waals surface area (Å²) in [5.74, 6) is 0.130. The number of aryl methyl sites for hydroxylation is 2. The lowest BCUT2D eigenvalue weighted by Gasteiger charge is -2.08. The van der Waals surface area contributed by atoms with Gasteiger partial charge >= 0.3 is 0 Å². The van der Waals surface area contributed by atoms with Crippen LogP contribution in [0, 0.1) is 13.8 Å². The Morgan fingerprint density at radius 2 is 1.50 bits per heavy atom. The van der Waals surface area contributed by atoms with Gasteiger partial charge in [0.25, 0.3) is 0 Å². The molecule has 0 N–H and O–H groups in total. The molecule has 122 valence electrons. The maximum atomic E-state index is 12.4. The first-order valence-corrected chi connectivity index (χ1v) is 7.79. The van der Waals surface area contributed by atoms with E-state index in [2.05, 4.69) is 31.3 Å². The van der Waals surface area contributed by atoms with Crippen LogP contribution in [0.25, 0.3) is 11.1 Å². The molecule has 0 aliphatic rings. The number of Topliss-reactive ketones (excluding diaryl/α,β-unsaturated/α-hetero) is 1. The molecule has 0 atom stereocenters. The second-order valence-electron chi connectivity index (χ2n) is 5.79. The highest BCUT2D eigenvalue weighted by atomic mass is 79.9. The number of pyridine rings is 1. The molecule has 0 fully saturated rings. The fourth-order valence-corrected chi connectivity index (χ4v) is 2.78. The quantitative estimate of drug-likeness (QED) is 0.490. The average Bonchev–Trinajstić information content (AvgIpc) is 2.59. The molecule has 0 radical (unpaired) electrons. The van der Waals surface area contributed by atoms with Crippen molar-refractivity contribution in [3.8, 4) is 11.1 Å². The summed E-state index contributed by atoms with van der Waals surface area (Å²) in [7, 11) is 0. The van der Waals surface area contributed by atoms with Gasteiger partial charge < -0.3 is 17.0 Å². The molecule has 1 heterocycles. The third kappa shape index (κ3) is 3.98. The first-order valence-electron chi connectivity index (χ1n) is 7.79. The summed E-state index contributed by atoms with van der Waals surface area (Å²) < 4.78 is 2.02. The molecule has 0 spiro atoms. The summed E-state index contributed by atoms with van der Waals surface area (Å²) in [6.07, 6.45) is 2.07. The average molecular weight is 382 g/mol. The third-order valence-corrected chi connectivity index (χ3v) is 4.08. The van der Waals surface area contributed by atoms with Crippen molar-refractivity contribution < 1.29 is 26.3 Å². The van der Waals surface area contributed by atoms with Gasteiger partial charge in [-0.05, 0) is 18.1 Å². The highest BCUT2D eigenvalue weighted by Gasteiger charge is 2.17. The van der Waals surface area contributed by atoms with Crippen molar-refractivity contribution in [2.45, 2.75) is 20.4 Å². The lowest BCUT2D eigenvalue weighted by Crippen LogP contribution is -3.00. The summed E-state index contributed by atoms with van der Waals surface area (Å²) in [6, 6.07) is 21.9. The Bertz CT molecular complexity index is 829. The van der Waals surface area contributed by atoms with E-state index in [0.29, 0.717) is 6.54 Å². The highest BCUT2D eigenvalue weighted by Crippen LogP contribution is 2.22. The van der Waals surface area contributed by atoms with E-state index in [0.717, 1.165) is 11.3 Å². The van der Waals surface area contributed by atoms with Crippen LogP contribution in [0.4, 0.5) is 0 Å². The second-order valence-corrected chi connectivity index (χ2v) is 5.79. The molecule has 0 unspecified atom stereocenters. The maximum absolute atomic E-state index is 12.4. The molecule has 1 aromatic heterocycles. The van der Waals surface area contributed by atoms with E-state index in [1.165, 1.54) is 16.7 Å². The molecule has 0 aliphatic heterocycles. The molecule has 0 bridgehead atoms. The number of hydrogen-bond acceptors (Lipinski definition) is 1. The van der Waals surface area contributed by atoms with Gasteiger partial charge in [-0.1, -0.05) is 60.7 Å². The molecular formula is C21H20BrNO. The van der Waals surface area contributed by atoms with Gasteiger partial charge in [-0.25, -0.2) is 0 Å². The first-order chi connectivity index (χ1) is 11.1. The minimum atomic E-state index is 0. The lowest BCUT2D eigenvalue weighted by atomic mass is 10.0. The zero-order valence-electron chi connectivity index (χ0n) is 13.9. The van der Waals surface area contributed by atoms with E-state index < -0.39 is 0 Å². The number of carbonyl (C=O) groups is 1. The minimum Gasteiger partial charge on any atom is -1.00 e. The van der Waals surface area contributed by atoms with Crippen LogP contribution in [0.2, 0.25) is 0 Å². The molecule has 3 rings (SSSR count). The zero-order valence-corrected chi connectivity index (χ0v) is 15.5. The van der Waals surface area contributed by atoms with E-state index in [1.54, 1.807) is 0 Å². The summed E-state index contributed by atoms with van der Waals surface area (Å²) in [4.78, 5) is 12.4. The van der Waals surface area contributed by atoms with Crippen LogP contribution < -0.4 is 21.5 Å². The van der Waals surface area contributed by atoms with Gasteiger partial charge in [0.05, 0.1) is 0 Å². The van der Waals surface area contributed by atoms with Crippen LogP contribution in [0.3, 0.4) is 0 Å². The van der Waals surface area contributed by atoms with Crippen LogP contribution in [-0.2, 0) is 6.54 Å². The van der Waals surface area contributed by atoms with Crippen LogP contribution in [0.15, 0.2) is 72.9 Å². The molecule has 0 amide bonds. The standard InChI is InChI=1S/C21H20NO.BrH/c1-16-14-22(15-21(23)19-11-7-4-8-12-19)17(2)13-20(16)18-9-5-3-6-10-18;/h3-14H,15H2,1-2H3;1H/q+1;/p-1. The van der Waals surface area contributed by atoms with Crippen molar-refractivity contribution in [1.82, 2.24) is 0 Å². The van der Waals surface area contributed by atoms with Gasteiger partial charge in [0, 0.05) is 24.1 Å². The molecule has 2 nitrogen and oxygen atoms in total. The van der Waals surface area contributed by atoms with Gasteiger partial charge in [-0.15, -0.1) is 0 Å². The van der Waals surface area contributed by atoms with Gasteiger partial charge in [0.1, 0.15) is 0 Å². The number of aromatic nitrogens is 1. The molecule has 0 saturated heterocycles. The molecule has 3 aromatic rings. The van der Waals surface area contributed by atoms with E-state index >= 15 is 0 Å². The number of nitrogens with zero attached hydrogens (tertiary/aromatic N) is 1. The fourth-order valence-electron chi connectivity index (χ4n) is 2.78. The molecule has 24 heavy (non-hydrogen) atoms. The predicted octanol–water partition coefficient (Wildman–Crippen LogP) is 1.14. The molecule has 0 aliphatic carbocycles. The van der Waals surface area contributed by atoms with Crippen molar-refractivity contribution in [1.29, 1.82) is 0 Å². The monoisotopic (exact) mass is 381 g/mol. The zero-order chi connectivity index (χ0) is 16.2. The van der Waals surface area contributed by atoms with Crippen molar-refractivity contribution >= 4 is 5.78 Å². The van der Waals surface area contributed by atoms with Crippen LogP contribution in [0.1, 0.15) is 21.6 Å². The van der Waals surface area contributed by atoms with E-state index in [-0.39, 0.29) is 22.8 Å². The molecule has 2 aromatic carbocycles. The summed E-state index contributed by atoms with van der Waals surface area (Å²) in [6.45, 7) is 4.50. The largest absolute Gasteiger partial charge is 1.00 e. The normalized spacial score (nSPS) is 10.1. The number of carbonyl (C=O) groups excluding carboxylic acids is 1. The smallest absolute Gasteiger partial charge is 0.227 e. The minimum absolute atomic E-state index is 0. The first kappa shape index (κ1) is 18.1. The van der Waals surface area contributed by atoms with Crippen LogP contribution in [-0.4, -0.2) is 5.78 Å². The molecule has 3 heteroatoms. The summed E-state index contributed by atoms with van der Waals surface area (Å²) >= 11 is 0. The fraction of sp³-hybridized carbons (Fsp3) is 0.143. The van der Waals surface area contributed by atoms with Crippen LogP contribution in [0.5, 0.6) is 0 Å². The Kier molecular flexibility index (Phi) is 6.04. The van der Waals surface area contributed by atoms with Crippen molar-refractivity contribution in [2.24, 2.45) is 0 Å². The maximum Gasteiger partial charge on any atom is 0.227 e. The highest BCUT2D eigenvalue weighted by molar-refractivity contribution is 5.95. The van der Waals surface area contributed by atoms with Crippen molar-refractivity contribution in [3.05, 3.63) is 89.7 Å². The second kappa shape index (κ2) is 8.02. The number of rotatable bonds is 4. The van der Waals surface area contributed by atoms with Gasteiger partial charge in [0.15, 0.2) is 11.9 Å². The number of hydrogen-bond donors (Lipinski definition) is 0. The Morgan fingerprint density at radius 3 is 2.12 bits per heavy atom. The lowest BCUT2D eigenvalue weighted by molar-refractivity contribution is -0.689. The Morgan fingerprint density at radius 1 is 0.917 bits per heavy atom. The Hall–Kier alpha value is -2.26. The van der Waals surface area contributed by atoms with E-state index in [1.807, 2.05) is 60.0 Å². The van der Waals surface area contributed by atoms with Crippen molar-refractivity contribution in [2.75, 3.05) is 0 Å². The SMILES string of the molecule is Cc1c[n+](CC(=O)c2ccccc2)c(C)cc1-c1ccccc1.[Br-]. The number of ketones is 1. The van der Waals surface area contributed by atoms with E-state index in [4.69, 9.17) is 0 Å². The van der Waals surface area contributed by atoms with Gasteiger partial charge in [0.2, 0.25) is 12.3 Å².